The second-order valence-corrected chi connectivity index (χ2v) is 6.76. The van der Waals surface area contributed by atoms with Gasteiger partial charge in [0, 0.05) is 25.7 Å². The minimum absolute atomic E-state index is 0.103. The third-order valence-corrected chi connectivity index (χ3v) is 4.99. The van der Waals surface area contributed by atoms with Crippen LogP contribution < -0.4 is 5.73 Å². The molecule has 0 saturated carbocycles. The first-order valence-electron chi connectivity index (χ1n) is 8.50. The van der Waals surface area contributed by atoms with Crippen LogP contribution in [0.4, 0.5) is 4.39 Å². The van der Waals surface area contributed by atoms with E-state index in [-0.39, 0.29) is 23.7 Å². The van der Waals surface area contributed by atoms with E-state index < -0.39 is 0 Å². The van der Waals surface area contributed by atoms with Crippen molar-refractivity contribution in [1.82, 2.24) is 4.90 Å². The van der Waals surface area contributed by atoms with E-state index in [0.717, 1.165) is 44.3 Å². The first-order valence-corrected chi connectivity index (χ1v) is 8.50. The van der Waals surface area contributed by atoms with Gasteiger partial charge in [0.1, 0.15) is 5.82 Å². The Morgan fingerprint density at radius 1 is 1.30 bits per heavy atom. The van der Waals surface area contributed by atoms with E-state index in [1.54, 1.807) is 0 Å². The summed E-state index contributed by atoms with van der Waals surface area (Å²) in [6.45, 7) is 2.70. The lowest BCUT2D eigenvalue weighted by Crippen LogP contribution is -2.51. The van der Waals surface area contributed by atoms with Crippen molar-refractivity contribution >= 4 is 5.91 Å². The highest BCUT2D eigenvalue weighted by molar-refractivity contribution is 5.79. The van der Waals surface area contributed by atoms with Gasteiger partial charge in [-0.3, -0.25) is 4.79 Å². The number of carbonyl (C=O) groups is 1. The standard InChI is InChI=1S/C18H25FN2O2/c19-15-5-3-13(4-6-15)10-14-2-1-8-21(11-14)18(22)16-7-9-23-12-17(16)20/h3-6,14,16-17H,1-2,7-12,20H2/t14-,16+,17+/m0/s1. The third kappa shape index (κ3) is 4.09. The number of nitrogens with zero attached hydrogens (tertiary/aromatic N) is 1. The molecule has 2 fully saturated rings. The van der Waals surface area contributed by atoms with Crippen molar-refractivity contribution in [2.45, 2.75) is 31.7 Å². The normalized spacial score (nSPS) is 28.6. The van der Waals surface area contributed by atoms with Crippen molar-refractivity contribution in [2.75, 3.05) is 26.3 Å². The summed E-state index contributed by atoms with van der Waals surface area (Å²) < 4.78 is 18.3. The van der Waals surface area contributed by atoms with Crippen molar-refractivity contribution in [3.8, 4) is 0 Å². The first kappa shape index (κ1) is 16.4. The maximum absolute atomic E-state index is 13.0. The highest BCUT2D eigenvalue weighted by atomic mass is 19.1. The van der Waals surface area contributed by atoms with Crippen molar-refractivity contribution in [3.63, 3.8) is 0 Å². The fourth-order valence-electron chi connectivity index (χ4n) is 3.69. The average Bonchev–Trinajstić information content (AvgIpc) is 2.57. The summed E-state index contributed by atoms with van der Waals surface area (Å²) in [5, 5.41) is 0. The smallest absolute Gasteiger partial charge is 0.227 e. The van der Waals surface area contributed by atoms with Crippen LogP contribution in [0.5, 0.6) is 0 Å². The molecule has 0 spiro atoms. The Morgan fingerprint density at radius 3 is 2.83 bits per heavy atom. The number of rotatable bonds is 3. The molecule has 3 atom stereocenters. The predicted octanol–water partition coefficient (Wildman–Crippen LogP) is 1.97. The molecule has 4 nitrogen and oxygen atoms in total. The van der Waals surface area contributed by atoms with Gasteiger partial charge < -0.3 is 15.4 Å². The Kier molecular flexibility index (Phi) is 5.28. The van der Waals surface area contributed by atoms with Crippen LogP contribution in [0.25, 0.3) is 0 Å². The molecule has 2 saturated heterocycles. The van der Waals surface area contributed by atoms with Gasteiger partial charge in [0.15, 0.2) is 0 Å². The molecule has 0 aromatic heterocycles. The molecule has 1 aromatic carbocycles. The lowest BCUT2D eigenvalue weighted by atomic mass is 9.88. The number of piperidine rings is 1. The molecule has 1 amide bonds. The topological polar surface area (TPSA) is 55.6 Å². The SMILES string of the molecule is N[C@@H]1COCC[C@H]1C(=O)N1CCC[C@@H](Cc2ccc(F)cc2)C1. The van der Waals surface area contributed by atoms with Crippen molar-refractivity contribution in [1.29, 1.82) is 0 Å². The molecule has 126 valence electrons. The van der Waals surface area contributed by atoms with Gasteiger partial charge in [-0.1, -0.05) is 12.1 Å². The molecule has 0 aliphatic carbocycles. The molecular formula is C18H25FN2O2. The lowest BCUT2D eigenvalue weighted by molar-refractivity contribution is -0.141. The van der Waals surface area contributed by atoms with Gasteiger partial charge in [-0.05, 0) is 49.3 Å². The van der Waals surface area contributed by atoms with E-state index in [9.17, 15) is 9.18 Å². The lowest BCUT2D eigenvalue weighted by Gasteiger charge is -2.37. The van der Waals surface area contributed by atoms with Crippen molar-refractivity contribution in [2.24, 2.45) is 17.6 Å². The van der Waals surface area contributed by atoms with E-state index in [1.165, 1.54) is 12.1 Å². The highest BCUT2D eigenvalue weighted by Crippen LogP contribution is 2.24. The molecule has 2 aliphatic rings. The van der Waals surface area contributed by atoms with E-state index in [2.05, 4.69) is 0 Å². The summed E-state index contributed by atoms with van der Waals surface area (Å²) in [6, 6.07) is 6.49. The van der Waals surface area contributed by atoms with Crippen LogP contribution in [0.15, 0.2) is 24.3 Å². The number of ether oxygens (including phenoxy) is 1. The molecule has 5 heteroatoms. The van der Waals surface area contributed by atoms with Crippen LogP contribution in [0.3, 0.4) is 0 Å². The van der Waals surface area contributed by atoms with Crippen LogP contribution in [-0.4, -0.2) is 43.2 Å². The zero-order valence-corrected chi connectivity index (χ0v) is 13.4. The molecule has 23 heavy (non-hydrogen) atoms. The summed E-state index contributed by atoms with van der Waals surface area (Å²) in [7, 11) is 0. The van der Waals surface area contributed by atoms with E-state index in [4.69, 9.17) is 10.5 Å². The largest absolute Gasteiger partial charge is 0.380 e. The van der Waals surface area contributed by atoms with Gasteiger partial charge in [-0.2, -0.15) is 0 Å². The molecule has 2 N–H and O–H groups in total. The Labute approximate surface area is 136 Å². The second kappa shape index (κ2) is 7.41. The fraction of sp³-hybridized carbons (Fsp3) is 0.611. The van der Waals surface area contributed by atoms with Gasteiger partial charge in [0.2, 0.25) is 5.91 Å². The Hall–Kier alpha value is -1.46. The fourth-order valence-corrected chi connectivity index (χ4v) is 3.69. The number of carbonyl (C=O) groups excluding carboxylic acids is 1. The molecule has 2 aliphatic heterocycles. The highest BCUT2D eigenvalue weighted by Gasteiger charge is 2.34. The van der Waals surface area contributed by atoms with Crippen LogP contribution in [0, 0.1) is 17.7 Å². The quantitative estimate of drug-likeness (QED) is 0.926. The van der Waals surface area contributed by atoms with Crippen LogP contribution in [-0.2, 0) is 16.0 Å². The number of hydrogen-bond acceptors (Lipinski definition) is 3. The van der Waals surface area contributed by atoms with Crippen LogP contribution in [0.2, 0.25) is 0 Å². The Balaban J connectivity index is 1.59. The molecule has 3 rings (SSSR count). The van der Waals surface area contributed by atoms with Gasteiger partial charge in [-0.15, -0.1) is 0 Å². The zero-order valence-electron chi connectivity index (χ0n) is 13.4. The van der Waals surface area contributed by atoms with Crippen LogP contribution >= 0.6 is 0 Å². The number of benzene rings is 1. The summed E-state index contributed by atoms with van der Waals surface area (Å²) in [5.41, 5.74) is 7.18. The van der Waals surface area contributed by atoms with Crippen molar-refractivity contribution < 1.29 is 13.9 Å². The molecule has 1 aromatic rings. The first-order chi connectivity index (χ1) is 11.1. The zero-order chi connectivity index (χ0) is 16.2. The average molecular weight is 320 g/mol. The van der Waals surface area contributed by atoms with Gasteiger partial charge in [-0.25, -0.2) is 4.39 Å². The predicted molar refractivity (Wildman–Crippen MR) is 86.3 cm³/mol. The number of hydrogen-bond donors (Lipinski definition) is 1. The number of amides is 1. The van der Waals surface area contributed by atoms with E-state index in [0.29, 0.717) is 19.1 Å². The van der Waals surface area contributed by atoms with Gasteiger partial charge in [0.25, 0.3) is 0 Å². The molecule has 0 bridgehead atoms. The Morgan fingerprint density at radius 2 is 2.09 bits per heavy atom. The molecule has 2 heterocycles. The summed E-state index contributed by atoms with van der Waals surface area (Å²) in [5.74, 6) is 0.315. The van der Waals surface area contributed by atoms with Crippen LogP contribution in [0.1, 0.15) is 24.8 Å². The minimum atomic E-state index is -0.206. The Bertz CT molecular complexity index is 534. The second-order valence-electron chi connectivity index (χ2n) is 6.76. The molecule has 0 unspecified atom stereocenters. The van der Waals surface area contributed by atoms with Crippen molar-refractivity contribution in [3.05, 3.63) is 35.6 Å². The molecule has 0 radical (unpaired) electrons. The maximum Gasteiger partial charge on any atom is 0.227 e. The van der Waals surface area contributed by atoms with Gasteiger partial charge >= 0.3 is 0 Å². The molecular weight excluding hydrogens is 295 g/mol. The number of likely N-dealkylation sites (tertiary alicyclic amines) is 1. The van der Waals surface area contributed by atoms with E-state index >= 15 is 0 Å². The maximum atomic E-state index is 13.0. The summed E-state index contributed by atoms with van der Waals surface area (Å²) in [6.07, 6.45) is 3.75. The number of nitrogens with two attached hydrogens (primary N) is 1. The monoisotopic (exact) mass is 320 g/mol. The summed E-state index contributed by atoms with van der Waals surface area (Å²) >= 11 is 0. The van der Waals surface area contributed by atoms with Gasteiger partial charge in [0.05, 0.1) is 12.5 Å². The summed E-state index contributed by atoms with van der Waals surface area (Å²) in [4.78, 5) is 14.7. The minimum Gasteiger partial charge on any atom is -0.380 e. The third-order valence-electron chi connectivity index (χ3n) is 4.99. The number of halogens is 1. The van der Waals surface area contributed by atoms with E-state index in [1.807, 2.05) is 17.0 Å².